The first-order valence-corrected chi connectivity index (χ1v) is 11.7. The molecule has 0 saturated carbocycles. The molecule has 2 unspecified atom stereocenters. The molecule has 1 aromatic heterocycles. The standard InChI is InChI=1S/C18H32N4O3S2.HI/c1-18(2,3)16-14(7-5-11-25-16)13-21-17(19-4)20-9-10-22-27(23,24)15-8-6-12-26-15;/h6,8,12,14,16,22H,5,7,9-11,13H2,1-4H3,(H2,19,20,21);1H. The van der Waals surface area contributed by atoms with Gasteiger partial charge < -0.3 is 15.4 Å². The highest BCUT2D eigenvalue weighted by molar-refractivity contribution is 14.0. The summed E-state index contributed by atoms with van der Waals surface area (Å²) in [6.07, 6.45) is 2.43. The minimum absolute atomic E-state index is 0. The van der Waals surface area contributed by atoms with Crippen LogP contribution in [0.15, 0.2) is 26.7 Å². The van der Waals surface area contributed by atoms with Crippen LogP contribution in [-0.2, 0) is 14.8 Å². The van der Waals surface area contributed by atoms with E-state index in [1.165, 1.54) is 11.3 Å². The van der Waals surface area contributed by atoms with Crippen molar-refractivity contribution >= 4 is 51.3 Å². The van der Waals surface area contributed by atoms with Gasteiger partial charge in [-0.1, -0.05) is 26.8 Å². The van der Waals surface area contributed by atoms with E-state index >= 15 is 0 Å². The molecular formula is C18H33IN4O3S2. The second-order valence-corrected chi connectivity index (χ2v) is 10.7. The first-order chi connectivity index (χ1) is 12.7. The zero-order valence-corrected chi connectivity index (χ0v) is 21.0. The number of hydrogen-bond donors (Lipinski definition) is 3. The maximum absolute atomic E-state index is 12.1. The Labute approximate surface area is 190 Å². The van der Waals surface area contributed by atoms with Gasteiger partial charge in [0.25, 0.3) is 0 Å². The van der Waals surface area contributed by atoms with Crippen LogP contribution in [-0.4, -0.2) is 53.8 Å². The summed E-state index contributed by atoms with van der Waals surface area (Å²) in [4.78, 5) is 4.22. The zero-order chi connectivity index (χ0) is 19.9. The summed E-state index contributed by atoms with van der Waals surface area (Å²) in [5, 5.41) is 8.25. The van der Waals surface area contributed by atoms with Crippen LogP contribution in [0.2, 0.25) is 0 Å². The van der Waals surface area contributed by atoms with E-state index in [9.17, 15) is 8.42 Å². The van der Waals surface area contributed by atoms with Crippen molar-refractivity contribution < 1.29 is 13.2 Å². The molecule has 1 aromatic rings. The summed E-state index contributed by atoms with van der Waals surface area (Å²) in [7, 11) is -1.71. The topological polar surface area (TPSA) is 91.8 Å². The number of thiophene rings is 1. The molecule has 2 atom stereocenters. The third-order valence-corrected chi connectivity index (χ3v) is 7.38. The van der Waals surface area contributed by atoms with Gasteiger partial charge in [-0.15, -0.1) is 35.3 Å². The van der Waals surface area contributed by atoms with Gasteiger partial charge in [0.15, 0.2) is 5.96 Å². The summed E-state index contributed by atoms with van der Waals surface area (Å²) < 4.78 is 33.1. The molecule has 28 heavy (non-hydrogen) atoms. The minimum Gasteiger partial charge on any atom is -0.377 e. The highest BCUT2D eigenvalue weighted by atomic mass is 127. The largest absolute Gasteiger partial charge is 0.377 e. The second-order valence-electron chi connectivity index (χ2n) is 7.77. The molecule has 1 aliphatic rings. The van der Waals surface area contributed by atoms with Crippen molar-refractivity contribution in [2.24, 2.45) is 16.3 Å². The number of rotatable bonds is 7. The number of nitrogens with zero attached hydrogens (tertiary/aromatic N) is 1. The fourth-order valence-electron chi connectivity index (χ4n) is 3.31. The normalized spacial score (nSPS) is 21.1. The first kappa shape index (κ1) is 25.6. The van der Waals surface area contributed by atoms with Crippen LogP contribution in [0.3, 0.4) is 0 Å². The quantitative estimate of drug-likeness (QED) is 0.213. The summed E-state index contributed by atoms with van der Waals surface area (Å²) in [6.45, 7) is 8.98. The Balaban J connectivity index is 0.00000392. The molecule has 0 spiro atoms. The summed E-state index contributed by atoms with van der Waals surface area (Å²) in [6, 6.07) is 3.32. The van der Waals surface area contributed by atoms with Crippen molar-refractivity contribution in [3.8, 4) is 0 Å². The van der Waals surface area contributed by atoms with Gasteiger partial charge in [0.1, 0.15) is 4.21 Å². The average Bonchev–Trinajstić information content (AvgIpc) is 3.16. The fraction of sp³-hybridized carbons (Fsp3) is 0.722. The van der Waals surface area contributed by atoms with E-state index in [1.807, 2.05) is 0 Å². The molecule has 3 N–H and O–H groups in total. The molecule has 0 aromatic carbocycles. The van der Waals surface area contributed by atoms with Gasteiger partial charge in [-0.3, -0.25) is 4.99 Å². The van der Waals surface area contributed by atoms with E-state index in [0.29, 0.717) is 22.6 Å². The predicted molar refractivity (Wildman–Crippen MR) is 126 cm³/mol. The molecule has 1 saturated heterocycles. The van der Waals surface area contributed by atoms with Gasteiger partial charge in [-0.25, -0.2) is 13.1 Å². The van der Waals surface area contributed by atoms with Crippen LogP contribution < -0.4 is 15.4 Å². The van der Waals surface area contributed by atoms with E-state index < -0.39 is 10.0 Å². The number of hydrogen-bond acceptors (Lipinski definition) is 5. The van der Waals surface area contributed by atoms with E-state index in [0.717, 1.165) is 26.0 Å². The maximum atomic E-state index is 12.1. The van der Waals surface area contributed by atoms with Crippen molar-refractivity contribution in [1.29, 1.82) is 0 Å². The molecule has 162 valence electrons. The monoisotopic (exact) mass is 544 g/mol. The van der Waals surface area contributed by atoms with Gasteiger partial charge in [0.2, 0.25) is 10.0 Å². The van der Waals surface area contributed by atoms with Crippen LogP contribution >= 0.6 is 35.3 Å². The van der Waals surface area contributed by atoms with Crippen LogP contribution in [0.1, 0.15) is 33.6 Å². The molecule has 2 heterocycles. The summed E-state index contributed by atoms with van der Waals surface area (Å²) in [5.74, 6) is 1.10. The van der Waals surface area contributed by atoms with Crippen LogP contribution in [0, 0.1) is 11.3 Å². The summed E-state index contributed by atoms with van der Waals surface area (Å²) >= 11 is 1.21. The number of halogens is 1. The zero-order valence-electron chi connectivity index (χ0n) is 17.0. The van der Waals surface area contributed by atoms with E-state index in [4.69, 9.17) is 4.74 Å². The number of ether oxygens (including phenoxy) is 1. The van der Waals surface area contributed by atoms with Gasteiger partial charge in [-0.05, 0) is 29.7 Å². The van der Waals surface area contributed by atoms with Crippen LogP contribution in [0.4, 0.5) is 0 Å². The number of sulfonamides is 1. The summed E-state index contributed by atoms with van der Waals surface area (Å²) in [5.41, 5.74) is 0.101. The van der Waals surface area contributed by atoms with Crippen LogP contribution in [0.5, 0.6) is 0 Å². The highest BCUT2D eigenvalue weighted by Crippen LogP contribution is 2.33. The molecule has 10 heteroatoms. The van der Waals surface area contributed by atoms with E-state index in [2.05, 4.69) is 41.1 Å². The average molecular weight is 545 g/mol. The van der Waals surface area contributed by atoms with Crippen molar-refractivity contribution in [2.75, 3.05) is 33.3 Å². The molecule has 1 fully saturated rings. The molecular weight excluding hydrogens is 511 g/mol. The molecule has 1 aliphatic heterocycles. The first-order valence-electron chi connectivity index (χ1n) is 9.33. The van der Waals surface area contributed by atoms with Crippen LogP contribution in [0.25, 0.3) is 0 Å². The Morgan fingerprint density at radius 1 is 1.32 bits per heavy atom. The molecule has 2 rings (SSSR count). The molecule has 0 radical (unpaired) electrons. The lowest BCUT2D eigenvalue weighted by Crippen LogP contribution is -2.48. The third-order valence-electron chi connectivity index (χ3n) is 4.52. The molecule has 7 nitrogen and oxygen atoms in total. The molecule has 0 bridgehead atoms. The maximum Gasteiger partial charge on any atom is 0.250 e. The van der Waals surface area contributed by atoms with Gasteiger partial charge >= 0.3 is 0 Å². The van der Waals surface area contributed by atoms with Crippen molar-refractivity contribution in [2.45, 2.75) is 43.9 Å². The van der Waals surface area contributed by atoms with Gasteiger partial charge in [0.05, 0.1) is 6.10 Å². The Morgan fingerprint density at radius 2 is 2.07 bits per heavy atom. The highest BCUT2D eigenvalue weighted by Gasteiger charge is 2.35. The SMILES string of the molecule is CN=C(NCCNS(=O)(=O)c1cccs1)NCC1CCCOC1C(C)(C)C.I. The Bertz CT molecular complexity index is 703. The Kier molecular flexibility index (Phi) is 10.7. The Hall–Kier alpha value is -0.430. The van der Waals surface area contributed by atoms with E-state index in [1.54, 1.807) is 24.6 Å². The number of nitrogens with one attached hydrogen (secondary N) is 3. The smallest absolute Gasteiger partial charge is 0.250 e. The lowest BCUT2D eigenvalue weighted by molar-refractivity contribution is -0.0835. The van der Waals surface area contributed by atoms with Crippen molar-refractivity contribution in [1.82, 2.24) is 15.4 Å². The Morgan fingerprint density at radius 3 is 2.68 bits per heavy atom. The second kappa shape index (κ2) is 11.7. The van der Waals surface area contributed by atoms with Gasteiger partial charge in [0, 0.05) is 39.2 Å². The fourth-order valence-corrected chi connectivity index (χ4v) is 5.38. The minimum atomic E-state index is -3.42. The molecule has 0 aliphatic carbocycles. The number of aliphatic imine (C=N–C) groups is 1. The van der Waals surface area contributed by atoms with Crippen molar-refractivity contribution in [3.05, 3.63) is 17.5 Å². The lowest BCUT2D eigenvalue weighted by Gasteiger charge is -2.40. The van der Waals surface area contributed by atoms with Crippen molar-refractivity contribution in [3.63, 3.8) is 0 Å². The van der Waals surface area contributed by atoms with E-state index in [-0.39, 0.29) is 42.0 Å². The predicted octanol–water partition coefficient (Wildman–Crippen LogP) is 2.65. The van der Waals surface area contributed by atoms with Gasteiger partial charge in [-0.2, -0.15) is 0 Å². The lowest BCUT2D eigenvalue weighted by atomic mass is 9.78. The molecule has 0 amide bonds. The third kappa shape index (κ3) is 7.77. The number of guanidine groups is 1.